The molecule has 1 atom stereocenters. The largest absolute Gasteiger partial charge is 0.258 e. The van der Waals surface area contributed by atoms with Crippen LogP contribution in [0.4, 0.5) is 0 Å². The zero-order valence-electron chi connectivity index (χ0n) is 9.06. The van der Waals surface area contributed by atoms with Gasteiger partial charge in [-0.3, -0.25) is 5.43 Å². The Hall–Kier alpha value is -0.0800. The summed E-state index contributed by atoms with van der Waals surface area (Å²) in [5.41, 5.74) is 3.20. The first kappa shape index (κ1) is 11.9. The fraction of sp³-hybridized carbons (Fsp3) is 1.00. The van der Waals surface area contributed by atoms with Crippen LogP contribution in [0.1, 0.15) is 40.0 Å². The minimum absolute atomic E-state index is 0.929. The van der Waals surface area contributed by atoms with Crippen LogP contribution in [0.2, 0.25) is 0 Å². The molecule has 0 bridgehead atoms. The van der Waals surface area contributed by atoms with E-state index in [-0.39, 0.29) is 0 Å². The van der Waals surface area contributed by atoms with E-state index in [4.69, 9.17) is 0 Å². The van der Waals surface area contributed by atoms with Crippen molar-refractivity contribution in [3.8, 4) is 0 Å². The monoisotopic (exact) mass is 172 g/mol. The van der Waals surface area contributed by atoms with Crippen LogP contribution in [0.15, 0.2) is 0 Å². The lowest BCUT2D eigenvalue weighted by Gasteiger charge is -2.17. The summed E-state index contributed by atoms with van der Waals surface area (Å²) in [5, 5.41) is 2.31. The third kappa shape index (κ3) is 4.73. The van der Waals surface area contributed by atoms with Crippen molar-refractivity contribution in [2.75, 3.05) is 20.1 Å². The predicted molar refractivity (Wildman–Crippen MR) is 55.0 cm³/mol. The molecule has 12 heavy (non-hydrogen) atoms. The van der Waals surface area contributed by atoms with Gasteiger partial charge < -0.3 is 0 Å². The van der Waals surface area contributed by atoms with Crippen molar-refractivity contribution in [3.05, 3.63) is 0 Å². The van der Waals surface area contributed by atoms with Gasteiger partial charge in [-0.25, -0.2) is 5.01 Å². The number of rotatable bonds is 1. The predicted octanol–water partition coefficient (Wildman–Crippen LogP) is 2.27. The van der Waals surface area contributed by atoms with Crippen molar-refractivity contribution < 1.29 is 0 Å². The third-order valence-electron chi connectivity index (χ3n) is 2.33. The summed E-state index contributed by atoms with van der Waals surface area (Å²) in [6.07, 6.45) is 4.10. The number of nitrogens with one attached hydrogen (secondary N) is 1. The highest BCUT2D eigenvalue weighted by molar-refractivity contribution is 4.63. The van der Waals surface area contributed by atoms with Crippen LogP contribution < -0.4 is 5.43 Å². The Bertz CT molecular complexity index is 93.8. The van der Waals surface area contributed by atoms with Gasteiger partial charge in [-0.15, -0.1) is 0 Å². The Kier molecular flexibility index (Phi) is 7.51. The Morgan fingerprint density at radius 2 is 1.83 bits per heavy atom. The number of hydrogen-bond acceptors (Lipinski definition) is 2. The van der Waals surface area contributed by atoms with E-state index in [2.05, 4.69) is 17.4 Å². The van der Waals surface area contributed by atoms with Gasteiger partial charge in [-0.05, 0) is 32.2 Å². The van der Waals surface area contributed by atoms with Gasteiger partial charge in [0.25, 0.3) is 0 Å². The molecule has 0 spiro atoms. The molecule has 0 aromatic carbocycles. The van der Waals surface area contributed by atoms with E-state index < -0.39 is 0 Å². The van der Waals surface area contributed by atoms with Crippen LogP contribution in [0.25, 0.3) is 0 Å². The molecule has 0 aliphatic carbocycles. The molecule has 1 fully saturated rings. The summed E-state index contributed by atoms with van der Waals surface area (Å²) in [5.74, 6) is 0.929. The minimum atomic E-state index is 0.929. The highest BCUT2D eigenvalue weighted by atomic mass is 15.5. The maximum atomic E-state index is 3.20. The zero-order valence-corrected chi connectivity index (χ0v) is 9.06. The van der Waals surface area contributed by atoms with E-state index in [0.717, 1.165) is 5.92 Å². The van der Waals surface area contributed by atoms with Crippen LogP contribution in [0.5, 0.6) is 0 Å². The molecule has 0 amide bonds. The SMILES string of the molecule is CC.CNN1CCCC(C)CC1. The maximum absolute atomic E-state index is 3.20. The van der Waals surface area contributed by atoms with E-state index in [0.29, 0.717) is 0 Å². The van der Waals surface area contributed by atoms with Crippen molar-refractivity contribution >= 4 is 0 Å². The summed E-state index contributed by atoms with van der Waals surface area (Å²) in [4.78, 5) is 0. The van der Waals surface area contributed by atoms with E-state index in [1.165, 1.54) is 32.4 Å². The van der Waals surface area contributed by atoms with Crippen molar-refractivity contribution in [2.24, 2.45) is 5.92 Å². The van der Waals surface area contributed by atoms with Crippen molar-refractivity contribution in [1.29, 1.82) is 0 Å². The van der Waals surface area contributed by atoms with Crippen molar-refractivity contribution in [3.63, 3.8) is 0 Å². The van der Waals surface area contributed by atoms with Gasteiger partial charge in [0.15, 0.2) is 0 Å². The van der Waals surface area contributed by atoms with Gasteiger partial charge in [-0.1, -0.05) is 20.8 Å². The van der Waals surface area contributed by atoms with Crippen LogP contribution in [0.3, 0.4) is 0 Å². The highest BCUT2D eigenvalue weighted by Crippen LogP contribution is 2.14. The van der Waals surface area contributed by atoms with Gasteiger partial charge in [0.2, 0.25) is 0 Å². The van der Waals surface area contributed by atoms with Gasteiger partial charge in [-0.2, -0.15) is 0 Å². The molecule has 0 aromatic rings. The van der Waals surface area contributed by atoms with Crippen LogP contribution in [0, 0.1) is 5.92 Å². The average Bonchev–Trinajstić information content (AvgIpc) is 2.33. The lowest BCUT2D eigenvalue weighted by Crippen LogP contribution is -2.35. The zero-order chi connectivity index (χ0) is 9.40. The summed E-state index contributed by atoms with van der Waals surface area (Å²) in [7, 11) is 2.01. The molecule has 0 aromatic heterocycles. The molecule has 1 rings (SSSR count). The van der Waals surface area contributed by atoms with E-state index in [1.54, 1.807) is 0 Å². The van der Waals surface area contributed by atoms with E-state index in [1.807, 2.05) is 20.9 Å². The van der Waals surface area contributed by atoms with Crippen LogP contribution >= 0.6 is 0 Å². The molecule has 1 heterocycles. The standard InChI is InChI=1S/C8H18N2.C2H6/c1-8-4-3-6-10(9-2)7-5-8;1-2/h8-9H,3-7H2,1-2H3;1-2H3. The van der Waals surface area contributed by atoms with E-state index >= 15 is 0 Å². The molecule has 2 nitrogen and oxygen atoms in total. The molecular formula is C10H24N2. The van der Waals surface area contributed by atoms with Gasteiger partial charge in [0.05, 0.1) is 0 Å². The third-order valence-corrected chi connectivity index (χ3v) is 2.33. The molecule has 1 saturated heterocycles. The smallest absolute Gasteiger partial charge is 0.0133 e. The molecule has 1 unspecified atom stereocenters. The summed E-state index contributed by atoms with van der Waals surface area (Å²) in [6.45, 7) is 8.79. The van der Waals surface area contributed by atoms with Gasteiger partial charge in [0.1, 0.15) is 0 Å². The van der Waals surface area contributed by atoms with Crippen molar-refractivity contribution in [1.82, 2.24) is 10.4 Å². The second-order valence-corrected chi connectivity index (χ2v) is 3.25. The molecule has 74 valence electrons. The lowest BCUT2D eigenvalue weighted by molar-refractivity contribution is 0.214. The van der Waals surface area contributed by atoms with Crippen LogP contribution in [-0.4, -0.2) is 25.1 Å². The first-order valence-electron chi connectivity index (χ1n) is 5.25. The fourth-order valence-electron chi connectivity index (χ4n) is 1.49. The molecule has 1 aliphatic rings. The second kappa shape index (κ2) is 7.56. The normalized spacial score (nSPS) is 25.5. The number of hydrazine groups is 1. The molecule has 0 saturated carbocycles. The van der Waals surface area contributed by atoms with Gasteiger partial charge >= 0.3 is 0 Å². The molecular weight excluding hydrogens is 148 g/mol. The Morgan fingerprint density at radius 3 is 2.42 bits per heavy atom. The Balaban J connectivity index is 0.000000561. The highest BCUT2D eigenvalue weighted by Gasteiger charge is 2.11. The quantitative estimate of drug-likeness (QED) is 0.652. The topological polar surface area (TPSA) is 15.3 Å². The minimum Gasteiger partial charge on any atom is -0.258 e. The first-order chi connectivity index (χ1) is 5.83. The second-order valence-electron chi connectivity index (χ2n) is 3.25. The summed E-state index contributed by atoms with van der Waals surface area (Å²) >= 11 is 0. The van der Waals surface area contributed by atoms with Crippen molar-refractivity contribution in [2.45, 2.75) is 40.0 Å². The maximum Gasteiger partial charge on any atom is 0.0133 e. The lowest BCUT2D eigenvalue weighted by atomic mass is 10.0. The van der Waals surface area contributed by atoms with E-state index in [9.17, 15) is 0 Å². The molecule has 2 heteroatoms. The average molecular weight is 172 g/mol. The molecule has 1 aliphatic heterocycles. The Morgan fingerprint density at radius 1 is 1.17 bits per heavy atom. The Labute approximate surface area is 77.3 Å². The fourth-order valence-corrected chi connectivity index (χ4v) is 1.49. The molecule has 1 N–H and O–H groups in total. The molecule has 0 radical (unpaired) electrons. The van der Waals surface area contributed by atoms with Crippen LogP contribution in [-0.2, 0) is 0 Å². The number of hydrogen-bond donors (Lipinski definition) is 1. The number of nitrogens with zero attached hydrogens (tertiary/aromatic N) is 1. The summed E-state index contributed by atoms with van der Waals surface area (Å²) < 4.78 is 0. The van der Waals surface area contributed by atoms with Gasteiger partial charge in [0, 0.05) is 13.1 Å². The first-order valence-corrected chi connectivity index (χ1v) is 5.25. The summed E-state index contributed by atoms with van der Waals surface area (Å²) in [6, 6.07) is 0.